The molecule has 0 aliphatic heterocycles. The number of quaternary nitrogens is 1. The van der Waals surface area contributed by atoms with E-state index in [2.05, 4.69) is 10.3 Å². The number of nitrogens with zero attached hydrogens (tertiary/aromatic N) is 2. The number of carbonyl (C=O) groups excluding carboxylic acids is 1. The highest BCUT2D eigenvalue weighted by atomic mass is 32.2. The summed E-state index contributed by atoms with van der Waals surface area (Å²) in [6, 6.07) is 2.97. The summed E-state index contributed by atoms with van der Waals surface area (Å²) < 4.78 is 28.4. The van der Waals surface area contributed by atoms with Crippen molar-refractivity contribution in [1.82, 2.24) is 9.55 Å². The first kappa shape index (κ1) is 20.5. The fraction of sp³-hybridized carbons (Fsp3) is 0.421. The van der Waals surface area contributed by atoms with Gasteiger partial charge in [0.1, 0.15) is 16.7 Å². The van der Waals surface area contributed by atoms with Gasteiger partial charge < -0.3 is 10.2 Å². The molecule has 0 radical (unpaired) electrons. The van der Waals surface area contributed by atoms with Crippen molar-refractivity contribution in [2.75, 3.05) is 31.7 Å². The van der Waals surface area contributed by atoms with E-state index in [0.717, 1.165) is 43.1 Å². The van der Waals surface area contributed by atoms with Gasteiger partial charge in [-0.25, -0.2) is 13.6 Å². The standard InChI is InChI=1S/C19H22F2N4O2S/c1-24(2)8-9-25-16-5-3-4-13(16)18(23-19(25)27)28-11-17(26)22-15-7-6-12(20)10-14(15)21/h6-7,10H,3-5,8-9,11H2,1-2H3,(H,22,26)/p+1. The smallest absolute Gasteiger partial charge is 0.338 e. The molecule has 1 heterocycles. The van der Waals surface area contributed by atoms with Crippen molar-refractivity contribution in [3.8, 4) is 0 Å². The van der Waals surface area contributed by atoms with Crippen LogP contribution in [-0.4, -0.2) is 41.9 Å². The molecule has 2 aromatic rings. The Morgan fingerprint density at radius 1 is 1.32 bits per heavy atom. The van der Waals surface area contributed by atoms with Gasteiger partial charge in [0.2, 0.25) is 5.91 Å². The number of anilines is 1. The molecule has 0 saturated heterocycles. The quantitative estimate of drug-likeness (QED) is 0.526. The lowest BCUT2D eigenvalue weighted by molar-refractivity contribution is -0.859. The predicted octanol–water partition coefficient (Wildman–Crippen LogP) is 0.885. The molecule has 1 amide bonds. The average molecular weight is 409 g/mol. The molecule has 1 aromatic carbocycles. The summed E-state index contributed by atoms with van der Waals surface area (Å²) in [5.74, 6) is -1.99. The van der Waals surface area contributed by atoms with Crippen LogP contribution in [0.4, 0.5) is 14.5 Å². The lowest BCUT2D eigenvalue weighted by Crippen LogP contribution is -3.06. The number of hydrogen-bond donors (Lipinski definition) is 2. The Morgan fingerprint density at radius 3 is 2.82 bits per heavy atom. The first-order valence-corrected chi connectivity index (χ1v) is 10.1. The van der Waals surface area contributed by atoms with E-state index in [1.54, 1.807) is 4.57 Å². The predicted molar refractivity (Wildman–Crippen MR) is 104 cm³/mol. The number of halogens is 2. The molecule has 6 nitrogen and oxygen atoms in total. The highest BCUT2D eigenvalue weighted by Crippen LogP contribution is 2.29. The van der Waals surface area contributed by atoms with Gasteiger partial charge in [-0.3, -0.25) is 9.36 Å². The molecule has 2 N–H and O–H groups in total. The number of likely N-dealkylation sites (N-methyl/N-ethyl adjacent to an activating group) is 1. The molecular weight excluding hydrogens is 386 g/mol. The van der Waals surface area contributed by atoms with Crippen LogP contribution in [0.25, 0.3) is 0 Å². The molecule has 1 aliphatic rings. The molecule has 3 rings (SSSR count). The molecule has 1 aliphatic carbocycles. The van der Waals surface area contributed by atoms with Crippen LogP contribution in [0.5, 0.6) is 0 Å². The second kappa shape index (κ2) is 8.83. The van der Waals surface area contributed by atoms with Gasteiger partial charge >= 0.3 is 5.69 Å². The zero-order chi connectivity index (χ0) is 20.3. The van der Waals surface area contributed by atoms with Crippen LogP contribution in [0.3, 0.4) is 0 Å². The Balaban J connectivity index is 1.71. The number of carbonyl (C=O) groups is 1. The van der Waals surface area contributed by atoms with E-state index in [0.29, 0.717) is 17.6 Å². The van der Waals surface area contributed by atoms with Crippen molar-refractivity contribution in [1.29, 1.82) is 0 Å². The third kappa shape index (κ3) is 4.77. The Kier molecular flexibility index (Phi) is 6.46. The van der Waals surface area contributed by atoms with Crippen molar-refractivity contribution in [2.24, 2.45) is 0 Å². The van der Waals surface area contributed by atoms with Crippen LogP contribution in [0, 0.1) is 11.6 Å². The van der Waals surface area contributed by atoms with Crippen molar-refractivity contribution in [3.05, 3.63) is 51.6 Å². The van der Waals surface area contributed by atoms with E-state index in [4.69, 9.17) is 0 Å². The lowest BCUT2D eigenvalue weighted by atomic mass is 10.2. The number of thioether (sulfide) groups is 1. The highest BCUT2D eigenvalue weighted by molar-refractivity contribution is 8.00. The zero-order valence-corrected chi connectivity index (χ0v) is 16.7. The summed E-state index contributed by atoms with van der Waals surface area (Å²) in [6.45, 7) is 1.44. The molecule has 150 valence electrons. The molecule has 0 spiro atoms. The normalized spacial score (nSPS) is 13.0. The maximum Gasteiger partial charge on any atom is 0.349 e. The molecule has 28 heavy (non-hydrogen) atoms. The van der Waals surface area contributed by atoms with Gasteiger partial charge in [-0.05, 0) is 31.4 Å². The van der Waals surface area contributed by atoms with Gasteiger partial charge in [-0.2, -0.15) is 4.98 Å². The Labute approximate surface area is 166 Å². The fourth-order valence-electron chi connectivity index (χ4n) is 3.18. The van der Waals surface area contributed by atoms with Gasteiger partial charge in [0, 0.05) is 17.3 Å². The van der Waals surface area contributed by atoms with Crippen molar-refractivity contribution in [2.45, 2.75) is 30.8 Å². The van der Waals surface area contributed by atoms with E-state index < -0.39 is 17.5 Å². The highest BCUT2D eigenvalue weighted by Gasteiger charge is 2.23. The molecule has 0 saturated carbocycles. The third-order valence-corrected chi connectivity index (χ3v) is 5.60. The number of rotatable bonds is 7. The summed E-state index contributed by atoms with van der Waals surface area (Å²) in [7, 11) is 4.07. The van der Waals surface area contributed by atoms with E-state index in [9.17, 15) is 18.4 Å². The van der Waals surface area contributed by atoms with E-state index >= 15 is 0 Å². The Bertz CT molecular complexity index is 946. The van der Waals surface area contributed by atoms with Crippen LogP contribution < -0.4 is 15.9 Å². The minimum absolute atomic E-state index is 0.0123. The maximum absolute atomic E-state index is 13.7. The van der Waals surface area contributed by atoms with Gasteiger partial charge in [0.05, 0.1) is 38.6 Å². The van der Waals surface area contributed by atoms with Crippen LogP contribution in [0.1, 0.15) is 17.7 Å². The van der Waals surface area contributed by atoms with Gasteiger partial charge in [0.25, 0.3) is 0 Å². The van der Waals surface area contributed by atoms with Crippen molar-refractivity contribution in [3.63, 3.8) is 0 Å². The van der Waals surface area contributed by atoms with Crippen LogP contribution in [-0.2, 0) is 24.2 Å². The van der Waals surface area contributed by atoms with Crippen molar-refractivity contribution >= 4 is 23.4 Å². The minimum Gasteiger partial charge on any atom is -0.338 e. The zero-order valence-electron chi connectivity index (χ0n) is 15.8. The first-order chi connectivity index (χ1) is 13.3. The molecule has 0 fully saturated rings. The molecule has 0 bridgehead atoms. The average Bonchev–Trinajstić information content (AvgIpc) is 3.11. The molecule has 9 heteroatoms. The van der Waals surface area contributed by atoms with E-state index in [-0.39, 0.29) is 17.1 Å². The number of hydrogen-bond acceptors (Lipinski definition) is 4. The van der Waals surface area contributed by atoms with E-state index in [1.165, 1.54) is 22.7 Å². The summed E-state index contributed by atoms with van der Waals surface area (Å²) in [4.78, 5) is 30.1. The molecule has 0 atom stereocenters. The van der Waals surface area contributed by atoms with E-state index in [1.807, 2.05) is 14.1 Å². The fourth-order valence-corrected chi connectivity index (χ4v) is 4.06. The van der Waals surface area contributed by atoms with Crippen LogP contribution >= 0.6 is 11.8 Å². The number of benzene rings is 1. The van der Waals surface area contributed by atoms with Crippen LogP contribution in [0.15, 0.2) is 28.0 Å². The second-order valence-corrected chi connectivity index (χ2v) is 8.01. The summed E-state index contributed by atoms with van der Waals surface area (Å²) >= 11 is 1.17. The van der Waals surface area contributed by atoms with Crippen molar-refractivity contribution < 1.29 is 18.5 Å². The first-order valence-electron chi connectivity index (χ1n) is 9.14. The topological polar surface area (TPSA) is 68.4 Å². The number of fused-ring (bicyclic) bond motifs is 1. The molecule has 1 aromatic heterocycles. The van der Waals surface area contributed by atoms with Gasteiger partial charge in [0.15, 0.2) is 0 Å². The number of aromatic nitrogens is 2. The lowest BCUT2D eigenvalue weighted by Gasteiger charge is -2.15. The van der Waals surface area contributed by atoms with Gasteiger partial charge in [-0.15, -0.1) is 0 Å². The monoisotopic (exact) mass is 409 g/mol. The maximum atomic E-state index is 13.7. The Hall–Kier alpha value is -2.26. The number of amides is 1. The molecule has 0 unspecified atom stereocenters. The summed E-state index contributed by atoms with van der Waals surface area (Å²) in [5, 5.41) is 2.99. The minimum atomic E-state index is -0.831. The van der Waals surface area contributed by atoms with Crippen LogP contribution in [0.2, 0.25) is 0 Å². The summed E-state index contributed by atoms with van der Waals surface area (Å²) in [5.41, 5.74) is 1.66. The summed E-state index contributed by atoms with van der Waals surface area (Å²) in [6.07, 6.45) is 2.61. The second-order valence-electron chi connectivity index (χ2n) is 7.05. The largest absolute Gasteiger partial charge is 0.349 e. The SMILES string of the molecule is C[NH+](C)CCn1c2c(c(SCC(=O)Nc3ccc(F)cc3F)nc1=O)CCC2. The Morgan fingerprint density at radius 2 is 2.11 bits per heavy atom. The molecular formula is C19H23F2N4O2S+. The van der Waals surface area contributed by atoms with Gasteiger partial charge in [-0.1, -0.05) is 11.8 Å². The number of nitrogens with one attached hydrogen (secondary N) is 2. The third-order valence-electron chi connectivity index (χ3n) is 4.58.